The topological polar surface area (TPSA) is 62.5 Å². The minimum absolute atomic E-state index is 0.00873. The number of aromatic nitrogens is 1. The summed E-state index contributed by atoms with van der Waals surface area (Å²) in [4.78, 5) is 21.4. The predicted molar refractivity (Wildman–Crippen MR) is 98.6 cm³/mol. The van der Waals surface area contributed by atoms with Crippen molar-refractivity contribution in [2.45, 2.75) is 25.3 Å². The Morgan fingerprint density at radius 2 is 2.21 bits per heavy atom. The van der Waals surface area contributed by atoms with Crippen molar-refractivity contribution in [3.8, 4) is 0 Å². The molecular formula is C18H24N4OS. The van der Waals surface area contributed by atoms with Gasteiger partial charge < -0.3 is 15.5 Å². The van der Waals surface area contributed by atoms with E-state index in [1.54, 1.807) is 0 Å². The first-order valence-corrected chi connectivity index (χ1v) is 9.28. The summed E-state index contributed by atoms with van der Waals surface area (Å²) < 4.78 is 0. The van der Waals surface area contributed by atoms with Crippen molar-refractivity contribution in [2.24, 2.45) is 5.73 Å². The average Bonchev–Trinajstić information content (AvgIpc) is 3.10. The minimum Gasteiger partial charge on any atom is -0.369 e. The number of carbonyl (C=O) groups excluding carboxylic acids is 1. The van der Waals surface area contributed by atoms with Crippen LogP contribution in [-0.2, 0) is 6.42 Å². The highest BCUT2D eigenvalue weighted by Crippen LogP contribution is 2.23. The maximum atomic E-state index is 12.7. The van der Waals surface area contributed by atoms with Crippen LogP contribution in [0.3, 0.4) is 0 Å². The number of benzene rings is 1. The normalized spacial score (nSPS) is 17.8. The van der Waals surface area contributed by atoms with E-state index >= 15 is 0 Å². The highest BCUT2D eigenvalue weighted by atomic mass is 32.1. The zero-order valence-corrected chi connectivity index (χ0v) is 14.8. The van der Waals surface area contributed by atoms with Crippen LogP contribution in [0.2, 0.25) is 0 Å². The standard InChI is InChI=1S/C18H24N4OS/c1-21(18(23)16-13-24-17(20-16)9-10-19)15-8-5-11-22(12-15)14-6-3-2-4-7-14/h2-4,6-7,13,15H,5,8-12,19H2,1H3. The first-order valence-electron chi connectivity index (χ1n) is 8.40. The lowest BCUT2D eigenvalue weighted by Crippen LogP contribution is -2.48. The van der Waals surface area contributed by atoms with Crippen LogP contribution in [0.1, 0.15) is 28.3 Å². The van der Waals surface area contributed by atoms with Gasteiger partial charge in [-0.05, 0) is 31.5 Å². The Kier molecular flexibility index (Phi) is 5.48. The molecule has 1 aliphatic rings. The van der Waals surface area contributed by atoms with Gasteiger partial charge in [0.05, 0.1) is 5.01 Å². The number of hydrogen-bond donors (Lipinski definition) is 1. The van der Waals surface area contributed by atoms with Gasteiger partial charge >= 0.3 is 0 Å². The van der Waals surface area contributed by atoms with Crippen LogP contribution in [0.4, 0.5) is 5.69 Å². The number of likely N-dealkylation sites (N-methyl/N-ethyl adjacent to an activating group) is 1. The molecule has 2 aromatic rings. The van der Waals surface area contributed by atoms with E-state index in [1.165, 1.54) is 17.0 Å². The van der Waals surface area contributed by atoms with Crippen molar-refractivity contribution < 1.29 is 4.79 Å². The summed E-state index contributed by atoms with van der Waals surface area (Å²) in [5, 5.41) is 2.78. The Bertz CT molecular complexity index is 673. The molecule has 1 amide bonds. The third kappa shape index (κ3) is 3.76. The van der Waals surface area contributed by atoms with Crippen LogP contribution in [0.25, 0.3) is 0 Å². The van der Waals surface area contributed by atoms with E-state index in [9.17, 15) is 4.79 Å². The molecule has 1 aliphatic heterocycles. The summed E-state index contributed by atoms with van der Waals surface area (Å²) in [7, 11) is 1.89. The molecule has 2 N–H and O–H groups in total. The summed E-state index contributed by atoms with van der Waals surface area (Å²) in [5.41, 5.74) is 7.33. The third-order valence-electron chi connectivity index (χ3n) is 4.51. The molecule has 1 fully saturated rings. The fourth-order valence-electron chi connectivity index (χ4n) is 3.14. The van der Waals surface area contributed by atoms with Gasteiger partial charge in [0.15, 0.2) is 0 Å². The van der Waals surface area contributed by atoms with E-state index in [0.29, 0.717) is 12.2 Å². The van der Waals surface area contributed by atoms with Crippen LogP contribution in [-0.4, -0.2) is 48.5 Å². The Morgan fingerprint density at radius 1 is 1.42 bits per heavy atom. The Morgan fingerprint density at radius 3 is 2.96 bits per heavy atom. The number of amides is 1. The number of nitrogens with zero attached hydrogens (tertiary/aromatic N) is 3. The van der Waals surface area contributed by atoms with Crippen molar-refractivity contribution in [2.75, 3.05) is 31.6 Å². The lowest BCUT2D eigenvalue weighted by Gasteiger charge is -2.38. The number of nitrogens with two attached hydrogens (primary N) is 1. The molecule has 0 bridgehead atoms. The molecule has 1 unspecified atom stereocenters. The quantitative estimate of drug-likeness (QED) is 0.905. The summed E-state index contributed by atoms with van der Waals surface area (Å²) >= 11 is 1.51. The van der Waals surface area contributed by atoms with Gasteiger partial charge in [-0.15, -0.1) is 11.3 Å². The highest BCUT2D eigenvalue weighted by molar-refractivity contribution is 7.09. The number of carbonyl (C=O) groups is 1. The van der Waals surface area contributed by atoms with Gasteiger partial charge in [0.25, 0.3) is 5.91 Å². The molecule has 2 heterocycles. The van der Waals surface area contributed by atoms with Gasteiger partial charge in [-0.25, -0.2) is 4.98 Å². The molecule has 1 atom stereocenters. The summed E-state index contributed by atoms with van der Waals surface area (Å²) in [6.07, 6.45) is 2.85. The summed E-state index contributed by atoms with van der Waals surface area (Å²) in [6.45, 7) is 2.47. The highest BCUT2D eigenvalue weighted by Gasteiger charge is 2.27. The largest absolute Gasteiger partial charge is 0.369 e. The number of rotatable bonds is 5. The van der Waals surface area contributed by atoms with E-state index in [4.69, 9.17) is 5.73 Å². The molecule has 0 aliphatic carbocycles. The Balaban J connectivity index is 1.67. The van der Waals surface area contributed by atoms with Crippen LogP contribution >= 0.6 is 11.3 Å². The zero-order chi connectivity index (χ0) is 16.9. The first kappa shape index (κ1) is 16.9. The molecule has 1 aromatic carbocycles. The maximum absolute atomic E-state index is 12.7. The van der Waals surface area contributed by atoms with Crippen LogP contribution in [0, 0.1) is 0 Å². The molecule has 1 saturated heterocycles. The van der Waals surface area contributed by atoms with Crippen molar-refractivity contribution in [1.82, 2.24) is 9.88 Å². The van der Waals surface area contributed by atoms with Gasteiger partial charge in [0.2, 0.25) is 0 Å². The Labute approximate surface area is 147 Å². The van der Waals surface area contributed by atoms with Crippen LogP contribution in [0.5, 0.6) is 0 Å². The smallest absolute Gasteiger partial charge is 0.273 e. The van der Waals surface area contributed by atoms with E-state index in [0.717, 1.165) is 37.4 Å². The fourth-order valence-corrected chi connectivity index (χ4v) is 3.93. The number of para-hydroxylation sites is 1. The monoisotopic (exact) mass is 344 g/mol. The summed E-state index contributed by atoms with van der Waals surface area (Å²) in [6, 6.07) is 10.6. The second kappa shape index (κ2) is 7.77. The Hall–Kier alpha value is -1.92. The van der Waals surface area contributed by atoms with E-state index in [1.807, 2.05) is 23.4 Å². The molecule has 1 aromatic heterocycles. The van der Waals surface area contributed by atoms with E-state index in [2.05, 4.69) is 34.1 Å². The zero-order valence-electron chi connectivity index (χ0n) is 14.0. The van der Waals surface area contributed by atoms with E-state index < -0.39 is 0 Å². The molecule has 0 saturated carbocycles. The molecule has 6 heteroatoms. The van der Waals surface area contributed by atoms with Crippen LogP contribution in [0.15, 0.2) is 35.7 Å². The second-order valence-corrected chi connectivity index (χ2v) is 7.10. The molecule has 0 radical (unpaired) electrons. The van der Waals surface area contributed by atoms with Crippen molar-refractivity contribution in [3.05, 3.63) is 46.4 Å². The van der Waals surface area contributed by atoms with Gasteiger partial charge in [0.1, 0.15) is 5.69 Å². The number of hydrogen-bond acceptors (Lipinski definition) is 5. The molecule has 3 rings (SSSR count). The lowest BCUT2D eigenvalue weighted by atomic mass is 10.0. The molecule has 5 nitrogen and oxygen atoms in total. The third-order valence-corrected chi connectivity index (χ3v) is 5.42. The average molecular weight is 344 g/mol. The van der Waals surface area contributed by atoms with Crippen molar-refractivity contribution in [1.29, 1.82) is 0 Å². The predicted octanol–water partition coefficient (Wildman–Crippen LogP) is 2.39. The van der Waals surface area contributed by atoms with E-state index in [-0.39, 0.29) is 11.9 Å². The van der Waals surface area contributed by atoms with Gasteiger partial charge in [0, 0.05) is 43.7 Å². The minimum atomic E-state index is 0.00873. The molecule has 24 heavy (non-hydrogen) atoms. The lowest BCUT2D eigenvalue weighted by molar-refractivity contribution is 0.0712. The van der Waals surface area contributed by atoms with Gasteiger partial charge in [-0.1, -0.05) is 18.2 Å². The molecule has 0 spiro atoms. The van der Waals surface area contributed by atoms with Crippen molar-refractivity contribution >= 4 is 22.9 Å². The fraction of sp³-hybridized carbons (Fsp3) is 0.444. The number of thiazole rings is 1. The number of piperidine rings is 1. The first-order chi connectivity index (χ1) is 11.7. The molecular weight excluding hydrogens is 320 g/mol. The van der Waals surface area contributed by atoms with Crippen molar-refractivity contribution in [3.63, 3.8) is 0 Å². The molecule has 128 valence electrons. The van der Waals surface area contributed by atoms with Gasteiger partial charge in [-0.2, -0.15) is 0 Å². The second-order valence-electron chi connectivity index (χ2n) is 6.16. The maximum Gasteiger partial charge on any atom is 0.273 e. The summed E-state index contributed by atoms with van der Waals surface area (Å²) in [5.74, 6) is 0.00873. The van der Waals surface area contributed by atoms with Crippen LogP contribution < -0.4 is 10.6 Å². The SMILES string of the molecule is CN(C(=O)c1csc(CCN)n1)C1CCCN(c2ccccc2)C1. The van der Waals surface area contributed by atoms with Gasteiger partial charge in [-0.3, -0.25) is 4.79 Å². The number of anilines is 1.